The third-order valence-corrected chi connectivity index (χ3v) is 6.97. The van der Waals surface area contributed by atoms with E-state index < -0.39 is 10.0 Å². The Morgan fingerprint density at radius 1 is 0.867 bits per heavy atom. The number of unbranched alkanes of at least 4 members (excludes halogenated alkanes) is 1. The minimum absolute atomic E-state index is 0.276. The molecule has 1 heterocycles. The topological polar surface area (TPSA) is 62.9 Å². The monoisotopic (exact) mass is 414 g/mol. The maximum atomic E-state index is 13.0. The molecular formula is C25H22N2O2S. The van der Waals surface area contributed by atoms with E-state index in [4.69, 9.17) is 5.26 Å². The Bertz CT molecular complexity index is 1320. The largest absolute Gasteiger partial charge is 0.268 e. The van der Waals surface area contributed by atoms with Crippen LogP contribution in [0.4, 0.5) is 0 Å². The number of aryl methyl sites for hydroxylation is 1. The van der Waals surface area contributed by atoms with Gasteiger partial charge in [0, 0.05) is 18.0 Å². The van der Waals surface area contributed by atoms with Crippen molar-refractivity contribution in [3.05, 3.63) is 102 Å². The summed E-state index contributed by atoms with van der Waals surface area (Å²) in [7, 11) is -3.62. The summed E-state index contributed by atoms with van der Waals surface area (Å²) < 4.78 is 27.3. The van der Waals surface area contributed by atoms with E-state index in [0.29, 0.717) is 11.9 Å². The third kappa shape index (κ3) is 4.00. The molecular weight excluding hydrogens is 392 g/mol. The van der Waals surface area contributed by atoms with Gasteiger partial charge < -0.3 is 0 Å². The van der Waals surface area contributed by atoms with Gasteiger partial charge >= 0.3 is 0 Å². The first-order valence-electron chi connectivity index (χ1n) is 9.94. The van der Waals surface area contributed by atoms with E-state index in [1.165, 1.54) is 15.1 Å². The van der Waals surface area contributed by atoms with Crippen LogP contribution in [0.25, 0.3) is 10.9 Å². The van der Waals surface area contributed by atoms with Crippen molar-refractivity contribution in [2.45, 2.75) is 30.6 Å². The van der Waals surface area contributed by atoms with Crippen LogP contribution in [0.15, 0.2) is 90.0 Å². The number of fused-ring (bicyclic) bond motifs is 1. The molecule has 4 aromatic rings. The molecule has 3 aromatic carbocycles. The number of nitrogens with zero attached hydrogens (tertiary/aromatic N) is 2. The lowest BCUT2D eigenvalue weighted by molar-refractivity contribution is 0.589. The van der Waals surface area contributed by atoms with Crippen LogP contribution >= 0.6 is 0 Å². The predicted molar refractivity (Wildman–Crippen MR) is 119 cm³/mol. The average molecular weight is 415 g/mol. The van der Waals surface area contributed by atoms with Gasteiger partial charge in [-0.2, -0.15) is 5.26 Å². The molecule has 0 saturated heterocycles. The Balaban J connectivity index is 1.63. The lowest BCUT2D eigenvalue weighted by Gasteiger charge is -2.10. The van der Waals surface area contributed by atoms with Gasteiger partial charge in [0.2, 0.25) is 0 Å². The number of rotatable bonds is 7. The van der Waals surface area contributed by atoms with Gasteiger partial charge in [0.1, 0.15) is 0 Å². The van der Waals surface area contributed by atoms with Crippen molar-refractivity contribution in [3.63, 3.8) is 0 Å². The fraction of sp³-hybridized carbons (Fsp3) is 0.160. The summed E-state index contributed by atoms with van der Waals surface area (Å²) in [4.78, 5) is 0.276. The maximum absolute atomic E-state index is 13.0. The van der Waals surface area contributed by atoms with Crippen molar-refractivity contribution in [2.75, 3.05) is 0 Å². The molecule has 0 amide bonds. The summed E-state index contributed by atoms with van der Waals surface area (Å²) in [6.07, 6.45) is 4.69. The van der Waals surface area contributed by atoms with Crippen molar-refractivity contribution in [2.24, 2.45) is 0 Å². The van der Waals surface area contributed by atoms with Crippen LogP contribution in [-0.2, 0) is 22.9 Å². The smallest absolute Gasteiger partial charge is 0.241 e. The number of nitriles is 1. The quantitative estimate of drug-likeness (QED) is 0.385. The normalized spacial score (nSPS) is 11.4. The summed E-state index contributed by atoms with van der Waals surface area (Å²) in [5.74, 6) is 0. The molecule has 0 fully saturated rings. The molecule has 4 rings (SSSR count). The number of hydrogen-bond donors (Lipinski definition) is 0. The second-order valence-electron chi connectivity index (χ2n) is 7.28. The molecule has 0 aliphatic carbocycles. The van der Waals surface area contributed by atoms with Crippen LogP contribution in [0.1, 0.15) is 29.5 Å². The molecule has 0 aliphatic heterocycles. The second kappa shape index (κ2) is 8.56. The zero-order valence-electron chi connectivity index (χ0n) is 16.5. The Labute approximate surface area is 177 Å². The van der Waals surface area contributed by atoms with Crippen molar-refractivity contribution in [1.82, 2.24) is 3.97 Å². The van der Waals surface area contributed by atoms with Crippen molar-refractivity contribution >= 4 is 20.9 Å². The van der Waals surface area contributed by atoms with E-state index in [2.05, 4.69) is 24.3 Å². The fourth-order valence-electron chi connectivity index (χ4n) is 3.74. The van der Waals surface area contributed by atoms with Crippen molar-refractivity contribution in [3.8, 4) is 6.07 Å². The van der Waals surface area contributed by atoms with Crippen LogP contribution in [-0.4, -0.2) is 12.4 Å². The van der Waals surface area contributed by atoms with Crippen molar-refractivity contribution in [1.29, 1.82) is 5.26 Å². The molecule has 0 N–H and O–H groups in total. The van der Waals surface area contributed by atoms with Crippen LogP contribution in [0.2, 0.25) is 0 Å². The first-order valence-corrected chi connectivity index (χ1v) is 11.4. The lowest BCUT2D eigenvalue weighted by atomic mass is 9.96. The van der Waals surface area contributed by atoms with E-state index in [0.717, 1.165) is 30.2 Å². The number of aromatic nitrogens is 1. The van der Waals surface area contributed by atoms with Gasteiger partial charge in [-0.1, -0.05) is 48.5 Å². The minimum Gasteiger partial charge on any atom is -0.241 e. The van der Waals surface area contributed by atoms with Crippen molar-refractivity contribution < 1.29 is 8.42 Å². The summed E-state index contributed by atoms with van der Waals surface area (Å²) in [5.41, 5.74) is 4.30. The zero-order chi connectivity index (χ0) is 21.0. The Kier molecular flexibility index (Phi) is 5.69. The van der Waals surface area contributed by atoms with E-state index in [1.807, 2.05) is 30.3 Å². The third-order valence-electron chi connectivity index (χ3n) is 5.27. The van der Waals surface area contributed by atoms with Gasteiger partial charge in [-0.3, -0.25) is 0 Å². The molecule has 0 saturated carbocycles. The van der Waals surface area contributed by atoms with Crippen LogP contribution in [0.3, 0.4) is 0 Å². The molecule has 0 radical (unpaired) electrons. The van der Waals surface area contributed by atoms with E-state index in [9.17, 15) is 8.42 Å². The van der Waals surface area contributed by atoms with Crippen LogP contribution in [0.5, 0.6) is 0 Å². The van der Waals surface area contributed by atoms with E-state index in [1.54, 1.807) is 36.5 Å². The second-order valence-corrected chi connectivity index (χ2v) is 9.09. The van der Waals surface area contributed by atoms with Crippen LogP contribution < -0.4 is 0 Å². The minimum atomic E-state index is -3.62. The molecule has 150 valence electrons. The Morgan fingerprint density at radius 2 is 1.60 bits per heavy atom. The van der Waals surface area contributed by atoms with Gasteiger partial charge in [-0.15, -0.1) is 0 Å². The molecule has 0 atom stereocenters. The summed E-state index contributed by atoms with van der Waals surface area (Å²) >= 11 is 0. The summed E-state index contributed by atoms with van der Waals surface area (Å²) in [6, 6.07) is 26.8. The van der Waals surface area contributed by atoms with Gasteiger partial charge in [0.15, 0.2) is 0 Å². The average Bonchev–Trinajstić information content (AvgIpc) is 3.20. The Hall–Kier alpha value is -3.36. The van der Waals surface area contributed by atoms with Gasteiger partial charge in [0.25, 0.3) is 10.0 Å². The SMILES string of the molecule is N#CCCCc1ccccc1Cc1ccc2c(ccn2S(=O)(=O)c2ccccc2)c1. The van der Waals surface area contributed by atoms with Gasteiger partial charge in [-0.25, -0.2) is 12.4 Å². The van der Waals surface area contributed by atoms with Crippen LogP contribution in [0, 0.1) is 11.3 Å². The zero-order valence-corrected chi connectivity index (χ0v) is 17.3. The maximum Gasteiger partial charge on any atom is 0.268 e. The first-order chi connectivity index (χ1) is 14.6. The standard InChI is InChI=1S/C25H22N2O2S/c26-16-7-6-9-21-8-4-5-10-22(21)18-20-13-14-25-23(19-20)15-17-27(25)30(28,29)24-11-2-1-3-12-24/h1-5,8,10-15,17,19H,6-7,9,18H2. The summed E-state index contributed by atoms with van der Waals surface area (Å²) in [5, 5.41) is 9.68. The lowest BCUT2D eigenvalue weighted by Crippen LogP contribution is -2.11. The van der Waals surface area contributed by atoms with Gasteiger partial charge in [0.05, 0.1) is 16.5 Å². The summed E-state index contributed by atoms with van der Waals surface area (Å²) in [6.45, 7) is 0. The molecule has 0 aliphatic rings. The number of benzene rings is 3. The highest BCUT2D eigenvalue weighted by Crippen LogP contribution is 2.25. The van der Waals surface area contributed by atoms with E-state index in [-0.39, 0.29) is 4.90 Å². The highest BCUT2D eigenvalue weighted by Gasteiger charge is 2.18. The fourth-order valence-corrected chi connectivity index (χ4v) is 5.12. The molecule has 0 unspecified atom stereocenters. The number of hydrogen-bond acceptors (Lipinski definition) is 3. The highest BCUT2D eigenvalue weighted by molar-refractivity contribution is 7.90. The van der Waals surface area contributed by atoms with Gasteiger partial charge in [-0.05, 0) is 66.3 Å². The predicted octanol–water partition coefficient (Wildman–Crippen LogP) is 5.32. The molecule has 0 bridgehead atoms. The molecule has 30 heavy (non-hydrogen) atoms. The van der Waals surface area contributed by atoms with E-state index >= 15 is 0 Å². The molecule has 1 aromatic heterocycles. The molecule has 5 heteroatoms. The Morgan fingerprint density at radius 3 is 2.37 bits per heavy atom. The highest BCUT2D eigenvalue weighted by atomic mass is 32.2. The molecule has 4 nitrogen and oxygen atoms in total. The molecule has 0 spiro atoms. The first kappa shape index (κ1) is 19.9.